The van der Waals surface area contributed by atoms with Gasteiger partial charge in [0.15, 0.2) is 6.29 Å². The van der Waals surface area contributed by atoms with Gasteiger partial charge in [0.05, 0.1) is 0 Å². The first-order chi connectivity index (χ1) is 8.58. The number of nitrogen functional groups attached to an aromatic ring is 1. The highest BCUT2D eigenvalue weighted by Crippen LogP contribution is 2.08. The second-order valence-corrected chi connectivity index (χ2v) is 3.89. The highest BCUT2D eigenvalue weighted by molar-refractivity contribution is 5.24. The second kappa shape index (κ2) is 7.13. The minimum Gasteiger partial charge on any atom is -0.369 e. The fourth-order valence-electron chi connectivity index (χ4n) is 1.78. The number of nitrogens with one attached hydrogen (secondary N) is 1. The molecule has 6 heteroatoms. The smallest absolute Gasteiger partial charge is 0.255 e. The molecule has 0 aromatic carbocycles. The largest absolute Gasteiger partial charge is 0.369 e. The van der Waals surface area contributed by atoms with Gasteiger partial charge in [-0.1, -0.05) is 0 Å². The molecule has 102 valence electrons. The van der Waals surface area contributed by atoms with Gasteiger partial charge in [-0.15, -0.1) is 0 Å². The van der Waals surface area contributed by atoms with Crippen LogP contribution in [0.15, 0.2) is 4.79 Å². The van der Waals surface area contributed by atoms with Gasteiger partial charge in [-0.3, -0.25) is 9.78 Å². The standard InChI is InChI=1S/C12H21N3O3/c1-4-17-10(18-5-2)7-6-9-8(3)14-12(13)15-11(9)16/h10H,4-7H2,1-3H3,(H3,13,14,15,16). The van der Waals surface area contributed by atoms with Gasteiger partial charge in [0.25, 0.3) is 5.56 Å². The van der Waals surface area contributed by atoms with Crippen LogP contribution in [0, 0.1) is 6.92 Å². The fourth-order valence-corrected chi connectivity index (χ4v) is 1.78. The quantitative estimate of drug-likeness (QED) is 0.709. The SMILES string of the molecule is CCOC(CCc1c(C)nc(N)[nH]c1=O)OCC. The normalized spacial score (nSPS) is 11.1. The minimum absolute atomic E-state index is 0.146. The summed E-state index contributed by atoms with van der Waals surface area (Å²) in [4.78, 5) is 18.3. The Bertz CT molecular complexity index is 425. The van der Waals surface area contributed by atoms with Crippen molar-refractivity contribution < 1.29 is 9.47 Å². The average molecular weight is 255 g/mol. The van der Waals surface area contributed by atoms with Crippen molar-refractivity contribution in [2.75, 3.05) is 18.9 Å². The lowest BCUT2D eigenvalue weighted by molar-refractivity contribution is -0.139. The van der Waals surface area contributed by atoms with E-state index in [2.05, 4.69) is 9.97 Å². The maximum absolute atomic E-state index is 11.7. The Morgan fingerprint density at radius 2 is 1.94 bits per heavy atom. The second-order valence-electron chi connectivity index (χ2n) is 3.89. The molecule has 0 saturated heterocycles. The van der Waals surface area contributed by atoms with Crippen molar-refractivity contribution in [1.29, 1.82) is 0 Å². The van der Waals surface area contributed by atoms with Gasteiger partial charge in [0, 0.05) is 30.9 Å². The van der Waals surface area contributed by atoms with Gasteiger partial charge in [0.1, 0.15) is 0 Å². The summed E-state index contributed by atoms with van der Waals surface area (Å²) in [7, 11) is 0. The van der Waals surface area contributed by atoms with E-state index in [1.807, 2.05) is 13.8 Å². The zero-order chi connectivity index (χ0) is 13.5. The van der Waals surface area contributed by atoms with Crippen molar-refractivity contribution in [1.82, 2.24) is 9.97 Å². The number of rotatable bonds is 7. The van der Waals surface area contributed by atoms with Crippen LogP contribution in [0.4, 0.5) is 5.95 Å². The molecule has 0 aliphatic carbocycles. The Morgan fingerprint density at radius 3 is 2.44 bits per heavy atom. The predicted octanol–water partition coefficient (Wildman–Crippen LogP) is 0.992. The highest BCUT2D eigenvalue weighted by Gasteiger charge is 2.12. The summed E-state index contributed by atoms with van der Waals surface area (Å²) >= 11 is 0. The van der Waals surface area contributed by atoms with Crippen molar-refractivity contribution in [2.45, 2.75) is 39.9 Å². The molecule has 6 nitrogen and oxygen atoms in total. The molecule has 1 rings (SSSR count). The Morgan fingerprint density at radius 1 is 1.33 bits per heavy atom. The van der Waals surface area contributed by atoms with Crippen molar-refractivity contribution in [2.24, 2.45) is 0 Å². The predicted molar refractivity (Wildman–Crippen MR) is 69.4 cm³/mol. The number of aromatic amines is 1. The summed E-state index contributed by atoms with van der Waals surface area (Å²) in [5.41, 5.74) is 6.56. The maximum atomic E-state index is 11.7. The van der Waals surface area contributed by atoms with E-state index in [9.17, 15) is 4.79 Å². The molecule has 1 heterocycles. The van der Waals surface area contributed by atoms with E-state index in [0.717, 1.165) is 0 Å². The van der Waals surface area contributed by atoms with Crippen LogP contribution in [0.5, 0.6) is 0 Å². The van der Waals surface area contributed by atoms with E-state index >= 15 is 0 Å². The molecule has 0 atom stereocenters. The molecule has 1 aromatic rings. The molecular weight excluding hydrogens is 234 g/mol. The van der Waals surface area contributed by atoms with Gasteiger partial charge in [0.2, 0.25) is 5.95 Å². The third-order valence-electron chi connectivity index (χ3n) is 2.58. The van der Waals surface area contributed by atoms with E-state index in [4.69, 9.17) is 15.2 Å². The lowest BCUT2D eigenvalue weighted by Crippen LogP contribution is -2.23. The number of anilines is 1. The molecule has 0 aliphatic heterocycles. The number of aromatic nitrogens is 2. The van der Waals surface area contributed by atoms with Gasteiger partial charge in [-0.05, 0) is 27.2 Å². The van der Waals surface area contributed by atoms with Crippen molar-refractivity contribution in [3.8, 4) is 0 Å². The van der Waals surface area contributed by atoms with E-state index in [1.54, 1.807) is 6.92 Å². The topological polar surface area (TPSA) is 90.2 Å². The molecule has 0 amide bonds. The molecule has 0 unspecified atom stereocenters. The van der Waals surface area contributed by atoms with Crippen molar-refractivity contribution in [3.05, 3.63) is 21.6 Å². The number of ether oxygens (including phenoxy) is 2. The van der Waals surface area contributed by atoms with Crippen molar-refractivity contribution in [3.63, 3.8) is 0 Å². The molecule has 0 saturated carbocycles. The van der Waals surface area contributed by atoms with Crippen LogP contribution < -0.4 is 11.3 Å². The lowest BCUT2D eigenvalue weighted by Gasteiger charge is -2.16. The Hall–Kier alpha value is -1.40. The van der Waals surface area contributed by atoms with Crippen LogP contribution in [0.25, 0.3) is 0 Å². The van der Waals surface area contributed by atoms with Gasteiger partial charge < -0.3 is 15.2 Å². The zero-order valence-corrected chi connectivity index (χ0v) is 11.2. The van der Waals surface area contributed by atoms with E-state index in [0.29, 0.717) is 37.3 Å². The van der Waals surface area contributed by atoms with Gasteiger partial charge in [-0.2, -0.15) is 0 Å². The van der Waals surface area contributed by atoms with Crippen LogP contribution >= 0.6 is 0 Å². The molecular formula is C12H21N3O3. The number of nitrogens with zero attached hydrogens (tertiary/aromatic N) is 1. The summed E-state index contributed by atoms with van der Waals surface area (Å²) in [6.07, 6.45) is 0.896. The zero-order valence-electron chi connectivity index (χ0n) is 11.2. The van der Waals surface area contributed by atoms with Crippen LogP contribution in [0.1, 0.15) is 31.5 Å². The fraction of sp³-hybridized carbons (Fsp3) is 0.667. The third kappa shape index (κ3) is 4.12. The summed E-state index contributed by atoms with van der Waals surface area (Å²) in [6, 6.07) is 0. The number of nitrogens with two attached hydrogens (primary N) is 1. The molecule has 3 N–H and O–H groups in total. The Labute approximate surface area is 107 Å². The molecule has 0 fully saturated rings. The molecule has 0 aliphatic rings. The maximum Gasteiger partial charge on any atom is 0.255 e. The lowest BCUT2D eigenvalue weighted by atomic mass is 10.1. The average Bonchev–Trinajstić information content (AvgIpc) is 2.28. The van der Waals surface area contributed by atoms with E-state index < -0.39 is 0 Å². The summed E-state index contributed by atoms with van der Waals surface area (Å²) in [6.45, 7) is 6.76. The van der Waals surface area contributed by atoms with Gasteiger partial charge >= 0.3 is 0 Å². The van der Waals surface area contributed by atoms with Crippen LogP contribution in [-0.4, -0.2) is 29.5 Å². The molecule has 0 spiro atoms. The van der Waals surface area contributed by atoms with E-state index in [-0.39, 0.29) is 17.8 Å². The monoisotopic (exact) mass is 255 g/mol. The first-order valence-electron chi connectivity index (χ1n) is 6.16. The Balaban J connectivity index is 2.70. The summed E-state index contributed by atoms with van der Waals surface area (Å²) in [5, 5.41) is 0. The highest BCUT2D eigenvalue weighted by atomic mass is 16.7. The number of H-pyrrole nitrogens is 1. The van der Waals surface area contributed by atoms with E-state index in [1.165, 1.54) is 0 Å². The molecule has 18 heavy (non-hydrogen) atoms. The van der Waals surface area contributed by atoms with Crippen LogP contribution in [-0.2, 0) is 15.9 Å². The molecule has 0 bridgehead atoms. The summed E-state index contributed by atoms with van der Waals surface area (Å²) < 4.78 is 10.9. The minimum atomic E-state index is -0.281. The van der Waals surface area contributed by atoms with Crippen molar-refractivity contribution >= 4 is 5.95 Å². The molecule has 1 aromatic heterocycles. The number of hydrogen-bond acceptors (Lipinski definition) is 5. The first kappa shape index (κ1) is 14.7. The molecule has 0 radical (unpaired) electrons. The number of hydrogen-bond donors (Lipinski definition) is 2. The first-order valence-corrected chi connectivity index (χ1v) is 6.16. The van der Waals surface area contributed by atoms with Crippen LogP contribution in [0.2, 0.25) is 0 Å². The number of aryl methyl sites for hydroxylation is 1. The summed E-state index contributed by atoms with van der Waals surface area (Å²) in [5.74, 6) is 0.146. The Kier molecular flexibility index (Phi) is 5.80. The van der Waals surface area contributed by atoms with Gasteiger partial charge in [-0.25, -0.2) is 4.98 Å². The third-order valence-corrected chi connectivity index (χ3v) is 2.58. The van der Waals surface area contributed by atoms with Crippen LogP contribution in [0.3, 0.4) is 0 Å².